The van der Waals surface area contributed by atoms with Crippen molar-refractivity contribution >= 4 is 5.97 Å². The molecule has 4 heteroatoms. The highest BCUT2D eigenvalue weighted by Gasteiger charge is 2.26. The van der Waals surface area contributed by atoms with Gasteiger partial charge in [-0.1, -0.05) is 23.8 Å². The lowest BCUT2D eigenvalue weighted by Gasteiger charge is -2.35. The van der Waals surface area contributed by atoms with Crippen molar-refractivity contribution in [3.8, 4) is 0 Å². The average Bonchev–Trinajstić information content (AvgIpc) is 2.47. The minimum atomic E-state index is -0.131. The molecule has 2 rings (SSSR count). The first-order chi connectivity index (χ1) is 10.1. The second-order valence-electron chi connectivity index (χ2n) is 5.53. The molecule has 1 aliphatic rings. The van der Waals surface area contributed by atoms with Gasteiger partial charge in [-0.25, -0.2) is 0 Å². The van der Waals surface area contributed by atoms with Gasteiger partial charge in [-0.3, -0.25) is 9.69 Å². The van der Waals surface area contributed by atoms with Crippen LogP contribution in [0.5, 0.6) is 0 Å². The van der Waals surface area contributed by atoms with Crippen molar-refractivity contribution in [1.29, 1.82) is 0 Å². The van der Waals surface area contributed by atoms with Crippen LogP contribution in [0.4, 0.5) is 0 Å². The Balaban J connectivity index is 2.23. The van der Waals surface area contributed by atoms with Crippen molar-refractivity contribution in [2.75, 3.05) is 32.9 Å². The quantitative estimate of drug-likeness (QED) is 0.782. The highest BCUT2D eigenvalue weighted by Crippen LogP contribution is 2.29. The van der Waals surface area contributed by atoms with Gasteiger partial charge >= 0.3 is 5.97 Å². The SMILES string of the molecule is CCOC(=O)CC(c1ccc(C)cc1C)N1CCOCC1. The Kier molecular flexibility index (Phi) is 5.76. The number of carbonyl (C=O) groups is 1. The summed E-state index contributed by atoms with van der Waals surface area (Å²) < 4.78 is 10.6. The molecule has 0 aliphatic carbocycles. The van der Waals surface area contributed by atoms with E-state index < -0.39 is 0 Å². The van der Waals surface area contributed by atoms with Gasteiger partial charge in [-0.2, -0.15) is 0 Å². The van der Waals surface area contributed by atoms with Gasteiger partial charge in [0.2, 0.25) is 0 Å². The third-order valence-electron chi connectivity index (χ3n) is 3.94. The number of rotatable bonds is 5. The van der Waals surface area contributed by atoms with Crippen LogP contribution in [0, 0.1) is 13.8 Å². The molecule has 1 fully saturated rings. The lowest BCUT2D eigenvalue weighted by molar-refractivity contribution is -0.145. The van der Waals surface area contributed by atoms with Gasteiger partial charge in [0, 0.05) is 19.1 Å². The van der Waals surface area contributed by atoms with E-state index in [0.29, 0.717) is 13.0 Å². The van der Waals surface area contributed by atoms with Gasteiger partial charge in [0.25, 0.3) is 0 Å². The average molecular weight is 291 g/mol. The Morgan fingerprint density at radius 2 is 2.05 bits per heavy atom. The summed E-state index contributed by atoms with van der Waals surface area (Å²) in [5.41, 5.74) is 3.69. The van der Waals surface area contributed by atoms with E-state index in [1.54, 1.807) is 0 Å². The maximum atomic E-state index is 12.0. The molecule has 116 valence electrons. The Morgan fingerprint density at radius 3 is 2.67 bits per heavy atom. The van der Waals surface area contributed by atoms with Crippen molar-refractivity contribution in [3.05, 3.63) is 34.9 Å². The van der Waals surface area contributed by atoms with Crippen molar-refractivity contribution < 1.29 is 14.3 Å². The minimum Gasteiger partial charge on any atom is -0.466 e. The Labute approximate surface area is 127 Å². The van der Waals surface area contributed by atoms with E-state index in [0.717, 1.165) is 26.3 Å². The summed E-state index contributed by atoms with van der Waals surface area (Å²) in [6, 6.07) is 6.51. The van der Waals surface area contributed by atoms with E-state index in [1.165, 1.54) is 16.7 Å². The van der Waals surface area contributed by atoms with E-state index in [4.69, 9.17) is 9.47 Å². The zero-order valence-corrected chi connectivity index (χ0v) is 13.2. The number of hydrogen-bond donors (Lipinski definition) is 0. The number of aryl methyl sites for hydroxylation is 2. The fourth-order valence-electron chi connectivity index (χ4n) is 2.90. The zero-order chi connectivity index (χ0) is 15.2. The number of benzene rings is 1. The Bertz CT molecular complexity index is 481. The van der Waals surface area contributed by atoms with E-state index >= 15 is 0 Å². The summed E-state index contributed by atoms with van der Waals surface area (Å²) in [5.74, 6) is -0.131. The number of hydrogen-bond acceptors (Lipinski definition) is 4. The van der Waals surface area contributed by atoms with Crippen molar-refractivity contribution in [2.45, 2.75) is 33.2 Å². The van der Waals surface area contributed by atoms with Crippen LogP contribution >= 0.6 is 0 Å². The number of ether oxygens (including phenoxy) is 2. The van der Waals surface area contributed by atoms with E-state index in [2.05, 4.69) is 36.9 Å². The largest absolute Gasteiger partial charge is 0.466 e. The third kappa shape index (κ3) is 4.29. The van der Waals surface area contributed by atoms with Crippen LogP contribution < -0.4 is 0 Å². The van der Waals surface area contributed by atoms with Crippen LogP contribution in [0.2, 0.25) is 0 Å². The van der Waals surface area contributed by atoms with Crippen LogP contribution in [0.25, 0.3) is 0 Å². The van der Waals surface area contributed by atoms with Crippen LogP contribution in [-0.4, -0.2) is 43.8 Å². The first-order valence-corrected chi connectivity index (χ1v) is 7.66. The first kappa shape index (κ1) is 16.0. The Morgan fingerprint density at radius 1 is 1.33 bits per heavy atom. The highest BCUT2D eigenvalue weighted by atomic mass is 16.5. The topological polar surface area (TPSA) is 38.8 Å². The molecular formula is C17H25NO3. The zero-order valence-electron chi connectivity index (χ0n) is 13.2. The number of carbonyl (C=O) groups excluding carboxylic acids is 1. The van der Waals surface area contributed by atoms with Gasteiger partial charge in [-0.15, -0.1) is 0 Å². The monoisotopic (exact) mass is 291 g/mol. The maximum Gasteiger partial charge on any atom is 0.307 e. The minimum absolute atomic E-state index is 0.0774. The smallest absolute Gasteiger partial charge is 0.307 e. The van der Waals surface area contributed by atoms with Gasteiger partial charge in [-0.05, 0) is 31.9 Å². The standard InChI is InChI=1S/C17H25NO3/c1-4-21-17(19)12-16(18-7-9-20-10-8-18)15-6-5-13(2)11-14(15)3/h5-6,11,16H,4,7-10,12H2,1-3H3. The third-order valence-corrected chi connectivity index (χ3v) is 3.94. The fraction of sp³-hybridized carbons (Fsp3) is 0.588. The molecular weight excluding hydrogens is 266 g/mol. The number of morpholine rings is 1. The molecule has 1 aromatic rings. The molecule has 0 spiro atoms. The lowest BCUT2D eigenvalue weighted by atomic mass is 9.95. The second-order valence-corrected chi connectivity index (χ2v) is 5.53. The summed E-state index contributed by atoms with van der Waals surface area (Å²) in [6.07, 6.45) is 0.401. The second kappa shape index (κ2) is 7.57. The molecule has 1 unspecified atom stereocenters. The lowest BCUT2D eigenvalue weighted by Crippen LogP contribution is -2.40. The van der Waals surface area contributed by atoms with E-state index in [1.807, 2.05) is 6.92 Å². The molecule has 0 aromatic heterocycles. The summed E-state index contributed by atoms with van der Waals surface area (Å²) >= 11 is 0. The predicted molar refractivity (Wildman–Crippen MR) is 82.3 cm³/mol. The van der Waals surface area contributed by atoms with Gasteiger partial charge in [0.05, 0.1) is 26.2 Å². The molecule has 0 N–H and O–H groups in total. The van der Waals surface area contributed by atoms with Crippen LogP contribution in [0.3, 0.4) is 0 Å². The van der Waals surface area contributed by atoms with Gasteiger partial charge in [0.15, 0.2) is 0 Å². The van der Waals surface area contributed by atoms with Crippen molar-refractivity contribution in [1.82, 2.24) is 4.90 Å². The van der Waals surface area contributed by atoms with Crippen LogP contribution in [0.1, 0.15) is 36.1 Å². The number of esters is 1. The molecule has 1 aliphatic heterocycles. The van der Waals surface area contributed by atoms with Crippen LogP contribution in [-0.2, 0) is 14.3 Å². The van der Waals surface area contributed by atoms with Crippen molar-refractivity contribution in [3.63, 3.8) is 0 Å². The summed E-state index contributed by atoms with van der Waals surface area (Å²) in [7, 11) is 0. The molecule has 1 heterocycles. The van der Waals surface area contributed by atoms with Gasteiger partial charge < -0.3 is 9.47 Å². The summed E-state index contributed by atoms with van der Waals surface area (Å²) in [4.78, 5) is 14.3. The van der Waals surface area contributed by atoms with E-state index in [9.17, 15) is 4.79 Å². The maximum absolute atomic E-state index is 12.0. The molecule has 1 aromatic carbocycles. The number of nitrogens with zero attached hydrogens (tertiary/aromatic N) is 1. The predicted octanol–water partition coefficient (Wildman–Crippen LogP) is 2.63. The molecule has 0 amide bonds. The molecule has 0 bridgehead atoms. The van der Waals surface area contributed by atoms with Gasteiger partial charge in [0.1, 0.15) is 0 Å². The fourth-order valence-corrected chi connectivity index (χ4v) is 2.90. The molecule has 4 nitrogen and oxygen atoms in total. The highest BCUT2D eigenvalue weighted by molar-refractivity contribution is 5.70. The molecule has 1 saturated heterocycles. The normalized spacial score (nSPS) is 17.5. The van der Waals surface area contributed by atoms with Crippen molar-refractivity contribution in [2.24, 2.45) is 0 Å². The first-order valence-electron chi connectivity index (χ1n) is 7.66. The molecule has 21 heavy (non-hydrogen) atoms. The Hall–Kier alpha value is -1.39. The summed E-state index contributed by atoms with van der Waals surface area (Å²) in [6.45, 7) is 9.65. The summed E-state index contributed by atoms with van der Waals surface area (Å²) in [5, 5.41) is 0. The molecule has 0 radical (unpaired) electrons. The van der Waals surface area contributed by atoms with Crippen LogP contribution in [0.15, 0.2) is 18.2 Å². The van der Waals surface area contributed by atoms with E-state index in [-0.39, 0.29) is 12.0 Å². The molecule has 0 saturated carbocycles. The molecule has 1 atom stereocenters.